The van der Waals surface area contributed by atoms with Crippen LogP contribution in [0.5, 0.6) is 0 Å². The molecule has 13 heavy (non-hydrogen) atoms. The van der Waals surface area contributed by atoms with E-state index in [4.69, 9.17) is 6.42 Å². The molecule has 0 aliphatic rings. The van der Waals surface area contributed by atoms with Crippen molar-refractivity contribution in [2.45, 2.75) is 39.5 Å². The summed E-state index contributed by atoms with van der Waals surface area (Å²) in [6, 6.07) is 0. The molecule has 0 aliphatic carbocycles. The summed E-state index contributed by atoms with van der Waals surface area (Å²) in [6.45, 7) is 4.94. The summed E-state index contributed by atoms with van der Waals surface area (Å²) in [4.78, 5) is 11.1. The number of carbonyl (C=O) groups is 1. The van der Waals surface area contributed by atoms with Crippen molar-refractivity contribution >= 4 is 5.91 Å². The van der Waals surface area contributed by atoms with E-state index >= 15 is 0 Å². The highest BCUT2D eigenvalue weighted by Crippen LogP contribution is 1.98. The van der Waals surface area contributed by atoms with Gasteiger partial charge in [-0.05, 0) is 18.8 Å². The van der Waals surface area contributed by atoms with Crippen LogP contribution in [0.15, 0.2) is 0 Å². The molecule has 0 aromatic carbocycles. The number of amides is 1. The summed E-state index contributed by atoms with van der Waals surface area (Å²) in [6.07, 6.45) is 8.32. The Bertz CT molecular complexity index is 179. The summed E-state index contributed by atoms with van der Waals surface area (Å²) in [5.74, 6) is 3.23. The van der Waals surface area contributed by atoms with Crippen molar-refractivity contribution in [3.63, 3.8) is 0 Å². The van der Waals surface area contributed by atoms with Gasteiger partial charge in [-0.2, -0.15) is 0 Å². The lowest BCUT2D eigenvalue weighted by Crippen LogP contribution is -2.26. The average molecular weight is 181 g/mol. The molecule has 0 radical (unpaired) electrons. The standard InChI is InChI=1S/C11H19NO/c1-4-5-6-7-8-11(13)12-9-10(2)3/h1,10H,5-9H2,2-3H3,(H,12,13). The third-order valence-electron chi connectivity index (χ3n) is 1.68. The quantitative estimate of drug-likeness (QED) is 0.492. The van der Waals surface area contributed by atoms with E-state index in [9.17, 15) is 4.79 Å². The number of terminal acetylenes is 1. The van der Waals surface area contributed by atoms with Crippen LogP contribution in [0.2, 0.25) is 0 Å². The minimum Gasteiger partial charge on any atom is -0.356 e. The Morgan fingerprint density at radius 1 is 1.46 bits per heavy atom. The molecule has 0 heterocycles. The molecule has 0 rings (SSSR count). The molecule has 0 aromatic rings. The van der Waals surface area contributed by atoms with E-state index in [1.54, 1.807) is 0 Å². The third kappa shape index (κ3) is 8.94. The Balaban J connectivity index is 3.26. The Labute approximate surface area is 81.1 Å². The predicted molar refractivity (Wildman–Crippen MR) is 55.1 cm³/mol. The van der Waals surface area contributed by atoms with Crippen molar-refractivity contribution in [1.29, 1.82) is 0 Å². The van der Waals surface area contributed by atoms with E-state index in [0.29, 0.717) is 12.3 Å². The first-order valence-electron chi connectivity index (χ1n) is 4.87. The molecule has 0 aliphatic heterocycles. The fourth-order valence-corrected chi connectivity index (χ4v) is 0.919. The van der Waals surface area contributed by atoms with E-state index in [1.165, 1.54) is 0 Å². The highest BCUT2D eigenvalue weighted by molar-refractivity contribution is 5.75. The molecular weight excluding hydrogens is 162 g/mol. The maximum absolute atomic E-state index is 11.1. The summed E-state index contributed by atoms with van der Waals surface area (Å²) in [7, 11) is 0. The molecule has 2 nitrogen and oxygen atoms in total. The first-order valence-corrected chi connectivity index (χ1v) is 4.87. The molecule has 0 saturated carbocycles. The zero-order chi connectivity index (χ0) is 10.1. The van der Waals surface area contributed by atoms with Gasteiger partial charge >= 0.3 is 0 Å². The third-order valence-corrected chi connectivity index (χ3v) is 1.68. The molecule has 1 N–H and O–H groups in total. The summed E-state index contributed by atoms with van der Waals surface area (Å²) in [5.41, 5.74) is 0. The topological polar surface area (TPSA) is 29.1 Å². The van der Waals surface area contributed by atoms with Gasteiger partial charge in [0.25, 0.3) is 0 Å². The van der Waals surface area contributed by atoms with E-state index in [1.807, 2.05) is 0 Å². The fraction of sp³-hybridized carbons (Fsp3) is 0.727. The molecule has 74 valence electrons. The minimum atomic E-state index is 0.144. The second kappa shape index (κ2) is 7.67. The van der Waals surface area contributed by atoms with E-state index in [2.05, 4.69) is 25.1 Å². The molecule has 0 saturated heterocycles. The molecule has 0 unspecified atom stereocenters. The lowest BCUT2D eigenvalue weighted by molar-refractivity contribution is -0.121. The van der Waals surface area contributed by atoms with Crippen LogP contribution in [0.25, 0.3) is 0 Å². The van der Waals surface area contributed by atoms with Crippen LogP contribution in [0, 0.1) is 18.3 Å². The molecule has 0 bridgehead atoms. The van der Waals surface area contributed by atoms with Gasteiger partial charge < -0.3 is 5.32 Å². The Kier molecular flexibility index (Phi) is 7.10. The molecule has 0 atom stereocenters. The van der Waals surface area contributed by atoms with E-state index in [0.717, 1.165) is 25.8 Å². The summed E-state index contributed by atoms with van der Waals surface area (Å²) < 4.78 is 0. The van der Waals surface area contributed by atoms with Gasteiger partial charge in [-0.1, -0.05) is 13.8 Å². The smallest absolute Gasteiger partial charge is 0.220 e. The number of hydrogen-bond donors (Lipinski definition) is 1. The second-order valence-electron chi connectivity index (χ2n) is 3.61. The highest BCUT2D eigenvalue weighted by atomic mass is 16.1. The zero-order valence-corrected chi connectivity index (χ0v) is 8.60. The van der Waals surface area contributed by atoms with Crippen molar-refractivity contribution in [3.8, 4) is 12.3 Å². The van der Waals surface area contributed by atoms with Crippen LogP contribution in [-0.4, -0.2) is 12.5 Å². The highest BCUT2D eigenvalue weighted by Gasteiger charge is 2.00. The van der Waals surface area contributed by atoms with Crippen molar-refractivity contribution < 1.29 is 4.79 Å². The van der Waals surface area contributed by atoms with Crippen LogP contribution in [0.3, 0.4) is 0 Å². The van der Waals surface area contributed by atoms with Gasteiger partial charge in [0, 0.05) is 19.4 Å². The van der Waals surface area contributed by atoms with Crippen molar-refractivity contribution in [2.24, 2.45) is 5.92 Å². The number of carbonyl (C=O) groups excluding carboxylic acids is 1. The van der Waals surface area contributed by atoms with Crippen LogP contribution in [-0.2, 0) is 4.79 Å². The SMILES string of the molecule is C#CCCCCC(=O)NCC(C)C. The monoisotopic (exact) mass is 181 g/mol. The van der Waals surface area contributed by atoms with Crippen molar-refractivity contribution in [3.05, 3.63) is 0 Å². The van der Waals surface area contributed by atoms with Gasteiger partial charge in [-0.3, -0.25) is 4.79 Å². The molecule has 0 fully saturated rings. The Morgan fingerprint density at radius 3 is 2.69 bits per heavy atom. The first-order chi connectivity index (χ1) is 6.16. The number of unbranched alkanes of at least 4 members (excludes halogenated alkanes) is 2. The van der Waals surface area contributed by atoms with Crippen LogP contribution < -0.4 is 5.32 Å². The van der Waals surface area contributed by atoms with Gasteiger partial charge in [0.15, 0.2) is 0 Å². The van der Waals surface area contributed by atoms with Crippen molar-refractivity contribution in [2.75, 3.05) is 6.54 Å². The molecular formula is C11H19NO. The average Bonchev–Trinajstić information content (AvgIpc) is 2.09. The Morgan fingerprint density at radius 2 is 2.15 bits per heavy atom. The predicted octanol–water partition coefficient (Wildman–Crippen LogP) is 1.95. The molecule has 0 aromatic heterocycles. The van der Waals surface area contributed by atoms with E-state index in [-0.39, 0.29) is 5.91 Å². The van der Waals surface area contributed by atoms with Crippen LogP contribution in [0.4, 0.5) is 0 Å². The summed E-state index contributed by atoms with van der Waals surface area (Å²) >= 11 is 0. The minimum absolute atomic E-state index is 0.144. The van der Waals surface area contributed by atoms with Crippen LogP contribution in [0.1, 0.15) is 39.5 Å². The van der Waals surface area contributed by atoms with Gasteiger partial charge in [0.2, 0.25) is 5.91 Å². The van der Waals surface area contributed by atoms with Gasteiger partial charge in [-0.25, -0.2) is 0 Å². The number of nitrogens with one attached hydrogen (secondary N) is 1. The molecule has 1 amide bonds. The fourth-order valence-electron chi connectivity index (χ4n) is 0.919. The maximum atomic E-state index is 11.1. The second-order valence-corrected chi connectivity index (χ2v) is 3.61. The largest absolute Gasteiger partial charge is 0.356 e. The number of hydrogen-bond acceptors (Lipinski definition) is 1. The Hall–Kier alpha value is -0.970. The van der Waals surface area contributed by atoms with Gasteiger partial charge in [0.1, 0.15) is 0 Å². The van der Waals surface area contributed by atoms with Crippen LogP contribution >= 0.6 is 0 Å². The lowest BCUT2D eigenvalue weighted by atomic mass is 10.2. The van der Waals surface area contributed by atoms with Gasteiger partial charge in [-0.15, -0.1) is 12.3 Å². The normalized spacial score (nSPS) is 9.69. The lowest BCUT2D eigenvalue weighted by Gasteiger charge is -2.06. The molecule has 0 spiro atoms. The van der Waals surface area contributed by atoms with Gasteiger partial charge in [0.05, 0.1) is 0 Å². The first kappa shape index (κ1) is 12.0. The zero-order valence-electron chi connectivity index (χ0n) is 8.60. The molecule has 2 heteroatoms. The number of rotatable bonds is 6. The van der Waals surface area contributed by atoms with Crippen molar-refractivity contribution in [1.82, 2.24) is 5.32 Å². The summed E-state index contributed by atoms with van der Waals surface area (Å²) in [5, 5.41) is 2.87. The van der Waals surface area contributed by atoms with E-state index < -0.39 is 0 Å². The maximum Gasteiger partial charge on any atom is 0.220 e.